The Morgan fingerprint density at radius 2 is 1.49 bits per heavy atom. The second-order valence-corrected chi connectivity index (χ2v) is 9.55. The average Bonchev–Trinajstić information content (AvgIpc) is 2.95. The molecule has 2 saturated heterocycles. The van der Waals surface area contributed by atoms with Crippen molar-refractivity contribution in [1.82, 2.24) is 15.0 Å². The molecule has 0 amide bonds. The van der Waals surface area contributed by atoms with Crippen LogP contribution >= 0.6 is 0 Å². The van der Waals surface area contributed by atoms with Gasteiger partial charge in [-0.1, -0.05) is 17.7 Å². The van der Waals surface area contributed by atoms with Crippen LogP contribution in [0, 0.1) is 6.92 Å². The Kier molecular flexibility index (Phi) is 7.88. The number of rotatable bonds is 7. The molecule has 3 heterocycles. The third kappa shape index (κ3) is 6.61. The molecule has 2 aliphatic heterocycles. The third-order valence-electron chi connectivity index (χ3n) is 6.61. The van der Waals surface area contributed by atoms with Gasteiger partial charge in [-0.05, 0) is 87.4 Å². The zero-order valence-corrected chi connectivity index (χ0v) is 21.3. The number of hydrazone groups is 1. The van der Waals surface area contributed by atoms with Gasteiger partial charge < -0.3 is 14.5 Å². The van der Waals surface area contributed by atoms with Gasteiger partial charge in [0.2, 0.25) is 17.8 Å². The number of ether oxygens (including phenoxy) is 1. The molecule has 37 heavy (non-hydrogen) atoms. The van der Waals surface area contributed by atoms with Crippen molar-refractivity contribution in [3.63, 3.8) is 0 Å². The largest absolute Gasteiger partial charge is 0.423 e. The van der Waals surface area contributed by atoms with E-state index in [0.717, 1.165) is 63.0 Å². The molecule has 0 aliphatic carbocycles. The highest BCUT2D eigenvalue weighted by molar-refractivity contribution is 5.91. The molecule has 9 heteroatoms. The van der Waals surface area contributed by atoms with Gasteiger partial charge in [-0.3, -0.25) is 0 Å². The molecule has 2 fully saturated rings. The van der Waals surface area contributed by atoms with Crippen molar-refractivity contribution in [2.45, 2.75) is 45.4 Å². The van der Waals surface area contributed by atoms with Gasteiger partial charge in [0, 0.05) is 26.2 Å². The Morgan fingerprint density at radius 1 is 0.865 bits per heavy atom. The maximum Gasteiger partial charge on any atom is 0.343 e. The Bertz CT molecular complexity index is 1200. The minimum Gasteiger partial charge on any atom is -0.423 e. The zero-order chi connectivity index (χ0) is 25.5. The van der Waals surface area contributed by atoms with Gasteiger partial charge >= 0.3 is 5.97 Å². The number of hydrogen-bond donors (Lipinski definition) is 1. The Labute approximate surface area is 217 Å². The van der Waals surface area contributed by atoms with Crippen molar-refractivity contribution >= 4 is 30.0 Å². The van der Waals surface area contributed by atoms with Gasteiger partial charge in [0.05, 0.1) is 11.8 Å². The predicted molar refractivity (Wildman–Crippen MR) is 146 cm³/mol. The minimum absolute atomic E-state index is 0.379. The normalized spacial score (nSPS) is 16.1. The molecule has 0 radical (unpaired) electrons. The molecule has 1 aromatic heterocycles. The fraction of sp³-hybridized carbons (Fsp3) is 0.393. The van der Waals surface area contributed by atoms with E-state index in [0.29, 0.717) is 29.2 Å². The number of nitrogens with zero attached hydrogens (tertiary/aromatic N) is 6. The summed E-state index contributed by atoms with van der Waals surface area (Å²) >= 11 is 0. The molecule has 0 atom stereocenters. The molecule has 0 saturated carbocycles. The number of nitrogens with one attached hydrogen (secondary N) is 1. The second kappa shape index (κ2) is 11.8. The Hall–Kier alpha value is -4.01. The Balaban J connectivity index is 1.25. The van der Waals surface area contributed by atoms with Crippen LogP contribution < -0.4 is 20.0 Å². The maximum absolute atomic E-state index is 12.4. The van der Waals surface area contributed by atoms with Gasteiger partial charge in [0.1, 0.15) is 5.75 Å². The predicted octanol–water partition coefficient (Wildman–Crippen LogP) is 4.83. The van der Waals surface area contributed by atoms with E-state index in [1.807, 2.05) is 37.3 Å². The molecule has 2 aliphatic rings. The summed E-state index contributed by atoms with van der Waals surface area (Å²) in [7, 11) is 0. The lowest BCUT2D eigenvalue weighted by Crippen LogP contribution is -2.34. The summed E-state index contributed by atoms with van der Waals surface area (Å²) in [5.41, 5.74) is 5.39. The number of carbonyl (C=O) groups is 1. The van der Waals surface area contributed by atoms with Crippen LogP contribution in [0.1, 0.15) is 60.0 Å². The number of benzene rings is 2. The van der Waals surface area contributed by atoms with Crippen LogP contribution in [0.15, 0.2) is 53.6 Å². The van der Waals surface area contributed by atoms with E-state index in [1.54, 1.807) is 24.4 Å². The number of piperidine rings is 2. The smallest absolute Gasteiger partial charge is 0.343 e. The molecule has 0 spiro atoms. The first kappa shape index (κ1) is 24.7. The van der Waals surface area contributed by atoms with Crippen molar-refractivity contribution in [2.24, 2.45) is 5.10 Å². The summed E-state index contributed by atoms with van der Waals surface area (Å²) in [5, 5.41) is 4.36. The maximum atomic E-state index is 12.4. The highest BCUT2D eigenvalue weighted by atomic mass is 16.5. The van der Waals surface area contributed by atoms with Crippen LogP contribution in [-0.4, -0.2) is 53.3 Å². The topological polar surface area (TPSA) is 95.8 Å². The minimum atomic E-state index is -0.379. The molecule has 2 aromatic carbocycles. The van der Waals surface area contributed by atoms with Crippen molar-refractivity contribution in [3.05, 3.63) is 65.2 Å². The van der Waals surface area contributed by atoms with Crippen LogP contribution in [0.4, 0.5) is 17.8 Å². The molecular formula is C28H33N7O2. The van der Waals surface area contributed by atoms with Crippen LogP contribution in [-0.2, 0) is 0 Å². The quantitative estimate of drug-likeness (QED) is 0.214. The number of esters is 1. The van der Waals surface area contributed by atoms with Crippen molar-refractivity contribution in [3.8, 4) is 5.75 Å². The lowest BCUT2D eigenvalue weighted by molar-refractivity contribution is 0.0734. The van der Waals surface area contributed by atoms with E-state index in [-0.39, 0.29) is 5.97 Å². The van der Waals surface area contributed by atoms with E-state index in [1.165, 1.54) is 12.8 Å². The van der Waals surface area contributed by atoms with Crippen LogP contribution in [0.25, 0.3) is 0 Å². The summed E-state index contributed by atoms with van der Waals surface area (Å²) in [6.07, 6.45) is 8.81. The van der Waals surface area contributed by atoms with Gasteiger partial charge in [-0.15, -0.1) is 0 Å². The lowest BCUT2D eigenvalue weighted by atomic mass is 10.1. The fourth-order valence-corrected chi connectivity index (χ4v) is 4.60. The van der Waals surface area contributed by atoms with E-state index in [9.17, 15) is 4.79 Å². The lowest BCUT2D eigenvalue weighted by Gasteiger charge is -2.30. The fourth-order valence-electron chi connectivity index (χ4n) is 4.60. The standard InChI is InChI=1S/C28H33N7O2/c1-21-9-8-10-23(19-21)25(36)37-24-13-11-22(12-14-24)20-29-33-26-30-27(34-15-4-2-5-16-34)32-28(31-26)35-17-6-3-7-18-35/h8-14,19-20H,2-7,15-18H2,1H3,(H,30,31,32,33)/b29-20+. The van der Waals surface area contributed by atoms with E-state index < -0.39 is 0 Å². The second-order valence-electron chi connectivity index (χ2n) is 9.55. The van der Waals surface area contributed by atoms with Crippen molar-refractivity contribution < 1.29 is 9.53 Å². The average molecular weight is 500 g/mol. The van der Waals surface area contributed by atoms with Crippen molar-refractivity contribution in [2.75, 3.05) is 41.4 Å². The number of anilines is 3. The highest BCUT2D eigenvalue weighted by Gasteiger charge is 2.20. The molecule has 3 aromatic rings. The molecule has 9 nitrogen and oxygen atoms in total. The molecule has 192 valence electrons. The highest BCUT2D eigenvalue weighted by Crippen LogP contribution is 2.22. The van der Waals surface area contributed by atoms with E-state index in [4.69, 9.17) is 9.72 Å². The van der Waals surface area contributed by atoms with Crippen molar-refractivity contribution in [1.29, 1.82) is 0 Å². The SMILES string of the molecule is Cc1cccc(C(=O)Oc2ccc(/C=N/Nc3nc(N4CCCCC4)nc(N4CCCCC4)n3)cc2)c1. The molecule has 0 unspecified atom stereocenters. The van der Waals surface area contributed by atoms with Gasteiger partial charge in [0.15, 0.2) is 0 Å². The van der Waals surface area contributed by atoms with E-state index in [2.05, 4.69) is 30.3 Å². The summed E-state index contributed by atoms with van der Waals surface area (Å²) in [6, 6.07) is 14.5. The first-order chi connectivity index (χ1) is 18.1. The number of aryl methyl sites for hydroxylation is 1. The van der Waals surface area contributed by atoms with E-state index >= 15 is 0 Å². The summed E-state index contributed by atoms with van der Waals surface area (Å²) in [6.45, 7) is 5.80. The monoisotopic (exact) mass is 499 g/mol. The number of carbonyl (C=O) groups excluding carboxylic acids is 1. The van der Waals surface area contributed by atoms with Gasteiger partial charge in [-0.25, -0.2) is 10.2 Å². The number of aromatic nitrogens is 3. The first-order valence-corrected chi connectivity index (χ1v) is 13.1. The summed E-state index contributed by atoms with van der Waals surface area (Å²) in [4.78, 5) is 31.0. The van der Waals surface area contributed by atoms with Crippen LogP contribution in [0.2, 0.25) is 0 Å². The van der Waals surface area contributed by atoms with Crippen LogP contribution in [0.5, 0.6) is 5.75 Å². The molecular weight excluding hydrogens is 466 g/mol. The van der Waals surface area contributed by atoms with Gasteiger partial charge in [-0.2, -0.15) is 20.1 Å². The zero-order valence-electron chi connectivity index (χ0n) is 21.3. The number of hydrogen-bond acceptors (Lipinski definition) is 9. The molecule has 5 rings (SSSR count). The Morgan fingerprint density at radius 3 is 2.08 bits per heavy atom. The third-order valence-corrected chi connectivity index (χ3v) is 6.61. The summed E-state index contributed by atoms with van der Waals surface area (Å²) in [5.74, 6) is 1.97. The molecule has 1 N–H and O–H groups in total. The summed E-state index contributed by atoms with van der Waals surface area (Å²) < 4.78 is 5.49. The molecule has 0 bridgehead atoms. The van der Waals surface area contributed by atoms with Gasteiger partial charge in [0.25, 0.3) is 0 Å². The van der Waals surface area contributed by atoms with Crippen LogP contribution in [0.3, 0.4) is 0 Å². The first-order valence-electron chi connectivity index (χ1n) is 13.1.